The highest BCUT2D eigenvalue weighted by Gasteiger charge is 2.22. The van der Waals surface area contributed by atoms with Gasteiger partial charge in [-0.1, -0.05) is 0 Å². The molecule has 0 aliphatic rings. The lowest BCUT2D eigenvalue weighted by atomic mass is 10.1. The zero-order chi connectivity index (χ0) is 16.7. The maximum absolute atomic E-state index is 11.7. The zero-order valence-corrected chi connectivity index (χ0v) is 13.1. The van der Waals surface area contributed by atoms with Crippen molar-refractivity contribution < 1.29 is 33.3 Å². The first-order chi connectivity index (χ1) is 10.5. The Labute approximate surface area is 128 Å². The Hall–Kier alpha value is -2.70. The first-order valence-corrected chi connectivity index (χ1v) is 6.20. The Morgan fingerprint density at radius 2 is 1.27 bits per heavy atom. The first-order valence-electron chi connectivity index (χ1n) is 6.20. The predicted molar refractivity (Wildman–Crippen MR) is 78.1 cm³/mol. The van der Waals surface area contributed by atoms with E-state index >= 15 is 0 Å². The highest BCUT2D eigenvalue weighted by molar-refractivity contribution is 6.18. The molecule has 0 atom stereocenters. The van der Waals surface area contributed by atoms with Crippen LogP contribution in [0.5, 0.6) is 17.2 Å². The molecule has 1 aromatic carbocycles. The van der Waals surface area contributed by atoms with Gasteiger partial charge < -0.3 is 23.7 Å². The average molecular weight is 310 g/mol. The third-order valence-corrected chi connectivity index (χ3v) is 2.85. The molecule has 0 amide bonds. The van der Waals surface area contributed by atoms with Crippen molar-refractivity contribution in [3.63, 3.8) is 0 Å². The first kappa shape index (κ1) is 17.4. The summed E-state index contributed by atoms with van der Waals surface area (Å²) in [6, 6.07) is 3.20. The van der Waals surface area contributed by atoms with Crippen LogP contribution in [0.2, 0.25) is 0 Å². The van der Waals surface area contributed by atoms with Crippen molar-refractivity contribution in [2.75, 3.05) is 35.5 Å². The van der Waals surface area contributed by atoms with Crippen LogP contribution in [-0.4, -0.2) is 47.5 Å². The van der Waals surface area contributed by atoms with E-state index in [1.807, 2.05) is 0 Å². The smallest absolute Gasteiger partial charge is 0.345 e. The van der Waals surface area contributed by atoms with Crippen molar-refractivity contribution in [1.82, 2.24) is 0 Å². The number of rotatable bonds is 6. The van der Waals surface area contributed by atoms with E-state index in [-0.39, 0.29) is 5.57 Å². The van der Waals surface area contributed by atoms with Crippen molar-refractivity contribution in [1.29, 1.82) is 0 Å². The standard InChI is InChI=1S/C15H18O7/c1-18-9-6-12(19-2)10(13(7-9)20-3)8-11(14(16)21-4)15(17)22-5/h6-8H,1-5H3. The van der Waals surface area contributed by atoms with Gasteiger partial charge in [-0.05, 0) is 6.08 Å². The van der Waals surface area contributed by atoms with Crippen molar-refractivity contribution in [2.45, 2.75) is 0 Å². The van der Waals surface area contributed by atoms with E-state index in [1.165, 1.54) is 41.6 Å². The van der Waals surface area contributed by atoms with Crippen molar-refractivity contribution in [2.24, 2.45) is 0 Å². The molecule has 0 N–H and O–H groups in total. The fourth-order valence-corrected chi connectivity index (χ4v) is 1.74. The summed E-state index contributed by atoms with van der Waals surface area (Å²) in [5, 5.41) is 0. The van der Waals surface area contributed by atoms with Gasteiger partial charge >= 0.3 is 11.9 Å². The van der Waals surface area contributed by atoms with E-state index in [1.54, 1.807) is 12.1 Å². The van der Waals surface area contributed by atoms with Crippen LogP contribution < -0.4 is 14.2 Å². The molecule has 0 bridgehead atoms. The Morgan fingerprint density at radius 1 is 0.818 bits per heavy atom. The molecule has 0 unspecified atom stereocenters. The molecular weight excluding hydrogens is 292 g/mol. The minimum Gasteiger partial charge on any atom is -0.496 e. The van der Waals surface area contributed by atoms with E-state index in [0.29, 0.717) is 22.8 Å². The van der Waals surface area contributed by atoms with Gasteiger partial charge in [-0.3, -0.25) is 0 Å². The van der Waals surface area contributed by atoms with Crippen LogP contribution in [0.3, 0.4) is 0 Å². The second kappa shape index (κ2) is 7.92. The van der Waals surface area contributed by atoms with Gasteiger partial charge in [0.15, 0.2) is 0 Å². The van der Waals surface area contributed by atoms with E-state index in [9.17, 15) is 9.59 Å². The lowest BCUT2D eigenvalue weighted by molar-refractivity contribution is -0.143. The molecule has 0 aromatic heterocycles. The Kier molecular flexibility index (Phi) is 6.25. The molecule has 0 saturated carbocycles. The molecule has 0 radical (unpaired) electrons. The van der Waals surface area contributed by atoms with Gasteiger partial charge in [-0.2, -0.15) is 0 Å². The maximum Gasteiger partial charge on any atom is 0.345 e. The van der Waals surface area contributed by atoms with Crippen LogP contribution in [-0.2, 0) is 19.1 Å². The van der Waals surface area contributed by atoms with Gasteiger partial charge in [-0.15, -0.1) is 0 Å². The van der Waals surface area contributed by atoms with Crippen molar-refractivity contribution in [3.8, 4) is 17.2 Å². The average Bonchev–Trinajstić information content (AvgIpc) is 2.57. The normalized spacial score (nSPS) is 9.50. The molecule has 0 heterocycles. The van der Waals surface area contributed by atoms with E-state index in [2.05, 4.69) is 9.47 Å². The monoisotopic (exact) mass is 310 g/mol. The van der Waals surface area contributed by atoms with Gasteiger partial charge in [0.1, 0.15) is 22.8 Å². The minimum absolute atomic E-state index is 0.285. The third-order valence-electron chi connectivity index (χ3n) is 2.85. The van der Waals surface area contributed by atoms with Gasteiger partial charge in [0.05, 0.1) is 41.1 Å². The van der Waals surface area contributed by atoms with Crippen molar-refractivity contribution >= 4 is 18.0 Å². The largest absolute Gasteiger partial charge is 0.496 e. The summed E-state index contributed by atoms with van der Waals surface area (Å²) in [5.41, 5.74) is 0.100. The molecular formula is C15H18O7. The summed E-state index contributed by atoms with van der Waals surface area (Å²) in [6.07, 6.45) is 1.29. The number of methoxy groups -OCH3 is 5. The van der Waals surface area contributed by atoms with Crippen LogP contribution in [0.1, 0.15) is 5.56 Å². The zero-order valence-electron chi connectivity index (χ0n) is 13.1. The maximum atomic E-state index is 11.7. The number of carbonyl (C=O) groups excluding carboxylic acids is 2. The number of hydrogen-bond donors (Lipinski definition) is 0. The van der Waals surface area contributed by atoms with Gasteiger partial charge in [0.25, 0.3) is 0 Å². The van der Waals surface area contributed by atoms with Crippen LogP contribution in [0.4, 0.5) is 0 Å². The topological polar surface area (TPSA) is 80.3 Å². The summed E-state index contributed by atoms with van der Waals surface area (Å²) in [5.74, 6) is -0.426. The highest BCUT2D eigenvalue weighted by atomic mass is 16.5. The third kappa shape index (κ3) is 3.69. The fourth-order valence-electron chi connectivity index (χ4n) is 1.74. The second-order valence-corrected chi connectivity index (χ2v) is 3.99. The van der Waals surface area contributed by atoms with E-state index < -0.39 is 11.9 Å². The number of ether oxygens (including phenoxy) is 5. The summed E-state index contributed by atoms with van der Waals surface area (Å²) < 4.78 is 24.8. The Morgan fingerprint density at radius 3 is 1.59 bits per heavy atom. The number of benzene rings is 1. The summed E-state index contributed by atoms with van der Waals surface area (Å²) in [6.45, 7) is 0. The molecule has 0 spiro atoms. The van der Waals surface area contributed by atoms with Crippen LogP contribution in [0.15, 0.2) is 17.7 Å². The number of hydrogen-bond acceptors (Lipinski definition) is 7. The number of esters is 2. The minimum atomic E-state index is -0.827. The predicted octanol–water partition coefficient (Wildman–Crippen LogP) is 1.44. The van der Waals surface area contributed by atoms with Crippen LogP contribution in [0.25, 0.3) is 6.08 Å². The SMILES string of the molecule is COC(=O)C(=Cc1c(OC)cc(OC)cc1OC)C(=O)OC. The van der Waals surface area contributed by atoms with Gasteiger partial charge in [-0.25, -0.2) is 9.59 Å². The summed E-state index contributed by atoms with van der Waals surface area (Å²) in [4.78, 5) is 23.5. The van der Waals surface area contributed by atoms with E-state index in [4.69, 9.17) is 14.2 Å². The Bertz CT molecular complexity index is 547. The molecule has 7 heteroatoms. The molecule has 1 rings (SSSR count). The van der Waals surface area contributed by atoms with Crippen molar-refractivity contribution in [3.05, 3.63) is 23.3 Å². The molecule has 7 nitrogen and oxygen atoms in total. The van der Waals surface area contributed by atoms with E-state index in [0.717, 1.165) is 0 Å². The molecule has 22 heavy (non-hydrogen) atoms. The second-order valence-electron chi connectivity index (χ2n) is 3.99. The summed E-state index contributed by atoms with van der Waals surface area (Å²) >= 11 is 0. The molecule has 120 valence electrons. The molecule has 0 aliphatic carbocycles. The Balaban J connectivity index is 3.53. The van der Waals surface area contributed by atoms with Crippen LogP contribution in [0, 0.1) is 0 Å². The molecule has 1 aromatic rings. The quantitative estimate of drug-likeness (QED) is 0.340. The highest BCUT2D eigenvalue weighted by Crippen LogP contribution is 2.35. The molecule has 0 saturated heterocycles. The molecule has 0 fully saturated rings. The fraction of sp³-hybridized carbons (Fsp3) is 0.333. The van der Waals surface area contributed by atoms with Crippen LogP contribution >= 0.6 is 0 Å². The summed E-state index contributed by atoms with van der Waals surface area (Å²) in [7, 11) is 6.73. The van der Waals surface area contributed by atoms with Gasteiger partial charge in [0, 0.05) is 12.1 Å². The lowest BCUT2D eigenvalue weighted by Gasteiger charge is -2.13. The lowest BCUT2D eigenvalue weighted by Crippen LogP contribution is -2.15. The number of carbonyl (C=O) groups is 2. The molecule has 0 aliphatic heterocycles. The van der Waals surface area contributed by atoms with Gasteiger partial charge in [0.2, 0.25) is 0 Å².